The lowest BCUT2D eigenvalue weighted by molar-refractivity contribution is 0.477. The van der Waals surface area contributed by atoms with Crippen LogP contribution in [0.5, 0.6) is 11.5 Å². The molecule has 0 aliphatic carbocycles. The fourth-order valence-corrected chi connectivity index (χ4v) is 5.95. The highest BCUT2D eigenvalue weighted by molar-refractivity contribution is 6.18. The summed E-state index contributed by atoms with van der Waals surface area (Å²) in [5, 5.41) is 0. The summed E-state index contributed by atoms with van der Waals surface area (Å²) in [6.45, 7) is 0. The maximum Gasteiger partial charge on any atom is 0.227 e. The van der Waals surface area contributed by atoms with E-state index in [0.29, 0.717) is 34.0 Å². The Labute approximate surface area is 252 Å². The zero-order chi connectivity index (χ0) is 29.0. The molecule has 2 aromatic heterocycles. The van der Waals surface area contributed by atoms with Gasteiger partial charge >= 0.3 is 0 Å². The number of aromatic nitrogens is 2. The largest absolute Gasteiger partial charge is 0.453 e. The molecule has 3 heterocycles. The zero-order valence-electron chi connectivity index (χ0n) is 23.3. The number of hydrogen-bond donors (Lipinski definition) is 0. The van der Waals surface area contributed by atoms with E-state index in [2.05, 4.69) is 17.0 Å². The van der Waals surface area contributed by atoms with Crippen LogP contribution in [-0.4, -0.2) is 9.97 Å². The molecule has 0 radical (unpaired) electrons. The van der Waals surface area contributed by atoms with Gasteiger partial charge < -0.3 is 13.6 Å². The van der Waals surface area contributed by atoms with E-state index in [1.54, 1.807) is 0 Å². The number of oxazole rings is 2. The minimum atomic E-state index is 0.518. The highest BCUT2D eigenvalue weighted by Crippen LogP contribution is 2.55. The van der Waals surface area contributed by atoms with Crippen molar-refractivity contribution in [3.63, 3.8) is 0 Å². The van der Waals surface area contributed by atoms with E-state index in [0.717, 1.165) is 50.8 Å². The molecule has 0 N–H and O–H groups in total. The molecule has 0 amide bonds. The summed E-state index contributed by atoms with van der Waals surface area (Å²) in [5.74, 6) is 2.50. The lowest BCUT2D eigenvalue weighted by Gasteiger charge is -2.32. The van der Waals surface area contributed by atoms with Crippen molar-refractivity contribution < 1.29 is 13.6 Å². The summed E-state index contributed by atoms with van der Waals surface area (Å²) in [7, 11) is 0. The van der Waals surface area contributed by atoms with Gasteiger partial charge in [0, 0.05) is 11.1 Å². The summed E-state index contributed by atoms with van der Waals surface area (Å²) in [6.07, 6.45) is 0. The molecule has 6 aromatic carbocycles. The van der Waals surface area contributed by atoms with Crippen LogP contribution in [0.4, 0.5) is 17.1 Å². The third-order valence-corrected chi connectivity index (χ3v) is 7.92. The van der Waals surface area contributed by atoms with Crippen LogP contribution < -0.4 is 9.64 Å². The monoisotopic (exact) mass is 569 g/mol. The Bertz CT molecular complexity index is 2170. The van der Waals surface area contributed by atoms with E-state index < -0.39 is 0 Å². The van der Waals surface area contributed by atoms with Gasteiger partial charge in [-0.15, -0.1) is 0 Å². The van der Waals surface area contributed by atoms with E-state index in [4.69, 9.17) is 23.5 Å². The van der Waals surface area contributed by atoms with Gasteiger partial charge in [-0.3, -0.25) is 4.90 Å². The fourth-order valence-electron chi connectivity index (χ4n) is 5.95. The predicted molar refractivity (Wildman–Crippen MR) is 173 cm³/mol. The first-order valence-corrected chi connectivity index (χ1v) is 14.4. The van der Waals surface area contributed by atoms with Gasteiger partial charge in [-0.25, -0.2) is 9.97 Å². The van der Waals surface area contributed by atoms with Crippen LogP contribution in [0, 0.1) is 0 Å². The van der Waals surface area contributed by atoms with Crippen LogP contribution in [0.3, 0.4) is 0 Å². The number of hydrogen-bond acceptors (Lipinski definition) is 6. The number of fused-ring (bicyclic) bond motifs is 4. The molecule has 0 saturated heterocycles. The topological polar surface area (TPSA) is 64.5 Å². The number of para-hydroxylation sites is 4. The standard InChI is InChI=1S/C38H23N3O3/c1-4-14-24(15-5-1)31-32-36(44-37(39-32)25-16-6-2-7-17-25)34(33-35(31)43-38(40-33)26-18-8-3-9-19-26)41-27-20-10-12-22-29(27)42-30-23-13-11-21-28(30)41/h1-23H. The summed E-state index contributed by atoms with van der Waals surface area (Å²) in [6, 6.07) is 46.0. The molecule has 0 atom stereocenters. The Morgan fingerprint density at radius 2 is 0.886 bits per heavy atom. The number of ether oxygens (including phenoxy) is 1. The smallest absolute Gasteiger partial charge is 0.227 e. The normalized spacial score (nSPS) is 12.2. The highest BCUT2D eigenvalue weighted by Gasteiger charge is 2.34. The van der Waals surface area contributed by atoms with E-state index in [1.165, 1.54) is 0 Å². The van der Waals surface area contributed by atoms with Gasteiger partial charge in [0.2, 0.25) is 11.8 Å². The van der Waals surface area contributed by atoms with Crippen LogP contribution in [0.2, 0.25) is 0 Å². The molecule has 0 bridgehead atoms. The molecule has 9 rings (SSSR count). The number of benzene rings is 6. The molecule has 44 heavy (non-hydrogen) atoms. The molecule has 8 aromatic rings. The average Bonchev–Trinajstić information content (AvgIpc) is 3.73. The lowest BCUT2D eigenvalue weighted by Crippen LogP contribution is -2.16. The molecule has 6 nitrogen and oxygen atoms in total. The second kappa shape index (κ2) is 9.71. The predicted octanol–water partition coefficient (Wildman–Crippen LogP) is 10.5. The molecule has 0 saturated carbocycles. The molecule has 0 unspecified atom stereocenters. The van der Waals surface area contributed by atoms with Gasteiger partial charge in [0.15, 0.2) is 22.7 Å². The van der Waals surface area contributed by atoms with Crippen molar-refractivity contribution in [3.8, 4) is 45.5 Å². The molecule has 1 aliphatic heterocycles. The highest BCUT2D eigenvalue weighted by atomic mass is 16.5. The summed E-state index contributed by atoms with van der Waals surface area (Å²) in [4.78, 5) is 12.5. The minimum Gasteiger partial charge on any atom is -0.453 e. The van der Waals surface area contributed by atoms with Crippen molar-refractivity contribution in [2.75, 3.05) is 4.90 Å². The van der Waals surface area contributed by atoms with Gasteiger partial charge in [-0.05, 0) is 54.1 Å². The zero-order valence-corrected chi connectivity index (χ0v) is 23.3. The van der Waals surface area contributed by atoms with Gasteiger partial charge in [0.05, 0.1) is 16.9 Å². The van der Waals surface area contributed by atoms with Crippen molar-refractivity contribution >= 4 is 39.3 Å². The maximum atomic E-state index is 6.78. The molecule has 208 valence electrons. The molecule has 0 fully saturated rings. The lowest BCUT2D eigenvalue weighted by atomic mass is 10.0. The summed E-state index contributed by atoms with van der Waals surface area (Å²) in [5.41, 5.74) is 8.60. The fraction of sp³-hybridized carbons (Fsp3) is 0. The molecule has 0 spiro atoms. The van der Waals surface area contributed by atoms with Crippen LogP contribution in [0.25, 0.3) is 56.2 Å². The van der Waals surface area contributed by atoms with Gasteiger partial charge in [-0.2, -0.15) is 0 Å². The Hall–Kier alpha value is -6.14. The summed E-state index contributed by atoms with van der Waals surface area (Å²) >= 11 is 0. The molecular weight excluding hydrogens is 546 g/mol. The Morgan fingerprint density at radius 1 is 0.432 bits per heavy atom. The first kappa shape index (κ1) is 24.5. The van der Waals surface area contributed by atoms with Gasteiger partial charge in [0.25, 0.3) is 0 Å². The summed E-state index contributed by atoms with van der Waals surface area (Å²) < 4.78 is 19.9. The number of nitrogens with zero attached hydrogens (tertiary/aromatic N) is 3. The van der Waals surface area contributed by atoms with E-state index in [1.807, 2.05) is 127 Å². The van der Waals surface area contributed by atoms with Gasteiger partial charge in [-0.1, -0.05) is 91.0 Å². The Kier molecular flexibility index (Phi) is 5.40. The number of rotatable bonds is 4. The van der Waals surface area contributed by atoms with Crippen molar-refractivity contribution in [1.29, 1.82) is 0 Å². The van der Waals surface area contributed by atoms with Crippen molar-refractivity contribution in [1.82, 2.24) is 9.97 Å². The molecular formula is C38H23N3O3. The van der Waals surface area contributed by atoms with Crippen LogP contribution >= 0.6 is 0 Å². The third kappa shape index (κ3) is 3.75. The van der Waals surface area contributed by atoms with Crippen molar-refractivity contribution in [3.05, 3.63) is 140 Å². The van der Waals surface area contributed by atoms with Crippen LogP contribution in [-0.2, 0) is 0 Å². The minimum absolute atomic E-state index is 0.518. The maximum absolute atomic E-state index is 6.78. The van der Waals surface area contributed by atoms with Crippen LogP contribution in [0.15, 0.2) is 148 Å². The number of anilines is 3. The molecule has 1 aliphatic rings. The second-order valence-corrected chi connectivity index (χ2v) is 10.6. The van der Waals surface area contributed by atoms with Crippen LogP contribution in [0.1, 0.15) is 0 Å². The Balaban J connectivity index is 1.46. The van der Waals surface area contributed by atoms with E-state index in [-0.39, 0.29) is 0 Å². The first-order valence-electron chi connectivity index (χ1n) is 14.4. The second-order valence-electron chi connectivity index (χ2n) is 10.6. The average molecular weight is 570 g/mol. The quantitative estimate of drug-likeness (QED) is 0.210. The third-order valence-electron chi connectivity index (χ3n) is 7.92. The molecule has 6 heteroatoms. The van der Waals surface area contributed by atoms with Crippen molar-refractivity contribution in [2.24, 2.45) is 0 Å². The van der Waals surface area contributed by atoms with Gasteiger partial charge in [0.1, 0.15) is 16.7 Å². The SMILES string of the molecule is c1ccc(-c2nc3c(N4c5ccccc5Oc5ccccc54)c4oc(-c5ccccc5)nc4c(-c4ccccc4)c3o2)cc1. The Morgan fingerprint density at radius 3 is 1.45 bits per heavy atom. The van der Waals surface area contributed by atoms with E-state index in [9.17, 15) is 0 Å². The first-order chi connectivity index (χ1) is 21.8. The van der Waals surface area contributed by atoms with Crippen molar-refractivity contribution in [2.45, 2.75) is 0 Å². The van der Waals surface area contributed by atoms with E-state index >= 15 is 0 Å².